The van der Waals surface area contributed by atoms with Gasteiger partial charge in [0.25, 0.3) is 0 Å². The van der Waals surface area contributed by atoms with Gasteiger partial charge in [-0.15, -0.1) is 11.8 Å². The first-order chi connectivity index (χ1) is 14.9. The summed E-state index contributed by atoms with van der Waals surface area (Å²) in [5.74, 6) is 2.04. The zero-order valence-corrected chi connectivity index (χ0v) is 21.2. The van der Waals surface area contributed by atoms with E-state index in [1.807, 2.05) is 19.9 Å². The molecule has 0 aliphatic carbocycles. The molecule has 3 heterocycles. The zero-order valence-electron chi connectivity index (χ0n) is 20.4. The topological polar surface area (TPSA) is 93.8 Å². The molecule has 3 rings (SSSR count). The zero-order chi connectivity index (χ0) is 23.6. The fourth-order valence-corrected chi connectivity index (χ4v) is 5.88. The van der Waals surface area contributed by atoms with Crippen LogP contribution in [0.5, 0.6) is 0 Å². The minimum absolute atomic E-state index is 0.0769. The summed E-state index contributed by atoms with van der Waals surface area (Å²) < 4.78 is 15.7. The Morgan fingerprint density at radius 2 is 2.12 bits per heavy atom. The van der Waals surface area contributed by atoms with Gasteiger partial charge in [-0.2, -0.15) is 0 Å². The normalized spacial score (nSPS) is 28.0. The molecule has 2 saturated heterocycles. The number of carbonyl (C=O) groups is 1. The number of thioether (sulfide) groups is 1. The number of ether oxygens (including phenoxy) is 2. The van der Waals surface area contributed by atoms with Gasteiger partial charge in [0, 0.05) is 31.1 Å². The minimum atomic E-state index is -0.722. The molecule has 2 N–H and O–H groups in total. The second-order valence-corrected chi connectivity index (χ2v) is 12.5. The van der Waals surface area contributed by atoms with Gasteiger partial charge < -0.3 is 19.1 Å². The number of nitrogens with zero attached hydrogens (tertiary/aromatic N) is 1. The molecule has 2 fully saturated rings. The summed E-state index contributed by atoms with van der Waals surface area (Å²) >= 11 is 1.66. The maximum atomic E-state index is 12.9. The molecule has 0 saturated carbocycles. The van der Waals surface area contributed by atoms with E-state index in [9.17, 15) is 9.90 Å². The fourth-order valence-electron chi connectivity index (χ4n) is 4.73. The van der Waals surface area contributed by atoms with Crippen LogP contribution in [0.25, 0.3) is 0 Å². The lowest BCUT2D eigenvalue weighted by atomic mass is 9.60. The maximum Gasteiger partial charge on any atom is 0.242 e. The molecule has 0 bridgehead atoms. The van der Waals surface area contributed by atoms with Crippen molar-refractivity contribution in [3.05, 3.63) is 11.8 Å². The largest absolute Gasteiger partial charge is 0.381 e. The lowest BCUT2D eigenvalue weighted by Crippen LogP contribution is -2.44. The number of hydrogen-bond donors (Lipinski definition) is 2. The summed E-state index contributed by atoms with van der Waals surface area (Å²) in [5.41, 5.74) is 0.424. The number of aliphatic hydroxyl groups is 1. The lowest BCUT2D eigenvalue weighted by Gasteiger charge is -2.47. The highest BCUT2D eigenvalue weighted by Gasteiger charge is 2.45. The summed E-state index contributed by atoms with van der Waals surface area (Å²) in [6.45, 7) is 14.8. The Morgan fingerprint density at radius 3 is 2.78 bits per heavy atom. The molecule has 3 unspecified atom stereocenters. The van der Waals surface area contributed by atoms with Crippen LogP contribution in [0.15, 0.2) is 10.6 Å². The van der Waals surface area contributed by atoms with Gasteiger partial charge in [0.15, 0.2) is 6.29 Å². The van der Waals surface area contributed by atoms with Crippen molar-refractivity contribution in [1.82, 2.24) is 5.16 Å². The van der Waals surface area contributed by atoms with Crippen LogP contribution >= 0.6 is 11.8 Å². The Bertz CT molecular complexity index is 774. The van der Waals surface area contributed by atoms with Crippen LogP contribution in [-0.2, 0) is 19.7 Å². The monoisotopic (exact) mass is 468 g/mol. The lowest BCUT2D eigenvalue weighted by molar-refractivity contribution is -0.171. The van der Waals surface area contributed by atoms with Gasteiger partial charge in [-0.1, -0.05) is 32.9 Å². The number of aliphatic hydroxyl groups excluding tert-OH is 1. The molecule has 7 nitrogen and oxygen atoms in total. The highest BCUT2D eigenvalue weighted by atomic mass is 32.2. The number of anilines is 1. The Hall–Kier alpha value is -1.09. The van der Waals surface area contributed by atoms with Crippen molar-refractivity contribution >= 4 is 23.6 Å². The number of amides is 1. The standard InChI is InChI=1S/C24H40N2O5S/c1-16(24(6)9-11-30-20(27)14-24)22(2,3)18-13-19(31-26-18)25-21(28)23(4,5)32-12-8-17-7-10-29-15-17/h13,16-17,20,27H,7-12,14-15H2,1-6H3,(H,25,28)/t16-,17?,20?,24?/m0/s1. The first kappa shape index (κ1) is 25.5. The number of rotatable bonds is 9. The Labute approximate surface area is 196 Å². The van der Waals surface area contributed by atoms with Gasteiger partial charge >= 0.3 is 0 Å². The molecule has 0 radical (unpaired) electrons. The predicted molar refractivity (Wildman–Crippen MR) is 127 cm³/mol. The molecule has 0 spiro atoms. The third-order valence-electron chi connectivity index (χ3n) is 7.72. The summed E-state index contributed by atoms with van der Waals surface area (Å²) in [6.07, 6.45) is 2.94. The highest BCUT2D eigenvalue weighted by Crippen LogP contribution is 2.48. The van der Waals surface area contributed by atoms with E-state index in [4.69, 9.17) is 14.0 Å². The molecule has 1 aromatic heterocycles. The van der Waals surface area contributed by atoms with Crippen LogP contribution in [0, 0.1) is 17.3 Å². The third-order valence-corrected chi connectivity index (χ3v) is 9.07. The van der Waals surface area contributed by atoms with Gasteiger partial charge in [-0.05, 0) is 56.1 Å². The number of aromatic nitrogens is 1. The van der Waals surface area contributed by atoms with E-state index in [0.29, 0.717) is 24.8 Å². The second kappa shape index (κ2) is 10.0. The van der Waals surface area contributed by atoms with Crippen molar-refractivity contribution in [3.63, 3.8) is 0 Å². The average molecular weight is 469 g/mol. The Balaban J connectivity index is 1.59. The van der Waals surface area contributed by atoms with E-state index >= 15 is 0 Å². The van der Waals surface area contributed by atoms with Gasteiger partial charge in [-0.25, -0.2) is 0 Å². The predicted octanol–water partition coefficient (Wildman–Crippen LogP) is 4.60. The molecule has 2 aliphatic heterocycles. The van der Waals surface area contributed by atoms with Gasteiger partial charge in [0.2, 0.25) is 11.8 Å². The summed E-state index contributed by atoms with van der Waals surface area (Å²) in [4.78, 5) is 12.9. The maximum absolute atomic E-state index is 12.9. The SMILES string of the molecule is C[C@H](C1(C)CCOC(O)C1)C(C)(C)c1cc(NC(=O)C(C)(C)SCCC2CCOC2)on1. The molecule has 4 atom stereocenters. The molecule has 2 aliphatic rings. The molecule has 182 valence electrons. The molecular weight excluding hydrogens is 428 g/mol. The Kier molecular flexibility index (Phi) is 8.01. The summed E-state index contributed by atoms with van der Waals surface area (Å²) in [5, 5.41) is 17.2. The third kappa shape index (κ3) is 5.88. The minimum Gasteiger partial charge on any atom is -0.381 e. The first-order valence-electron chi connectivity index (χ1n) is 11.7. The van der Waals surface area contributed by atoms with E-state index < -0.39 is 11.0 Å². The van der Waals surface area contributed by atoms with Gasteiger partial charge in [0.1, 0.15) is 0 Å². The molecule has 0 aromatic carbocycles. The summed E-state index contributed by atoms with van der Waals surface area (Å²) in [7, 11) is 0. The highest BCUT2D eigenvalue weighted by molar-refractivity contribution is 8.01. The van der Waals surface area contributed by atoms with Gasteiger partial charge in [0.05, 0.1) is 17.0 Å². The van der Waals surface area contributed by atoms with Gasteiger partial charge in [-0.3, -0.25) is 10.1 Å². The van der Waals surface area contributed by atoms with Crippen molar-refractivity contribution in [3.8, 4) is 0 Å². The van der Waals surface area contributed by atoms with E-state index in [1.54, 1.807) is 11.8 Å². The van der Waals surface area contributed by atoms with E-state index in [2.05, 4.69) is 38.2 Å². The number of nitrogens with one attached hydrogen (secondary N) is 1. The van der Waals surface area contributed by atoms with Crippen molar-refractivity contribution in [2.75, 3.05) is 30.9 Å². The molecule has 1 aromatic rings. The number of hydrogen-bond acceptors (Lipinski definition) is 7. The quantitative estimate of drug-likeness (QED) is 0.547. The second-order valence-electron chi connectivity index (χ2n) is 10.8. The van der Waals surface area contributed by atoms with Crippen LogP contribution in [0.1, 0.15) is 72.9 Å². The smallest absolute Gasteiger partial charge is 0.242 e. The van der Waals surface area contributed by atoms with E-state index in [0.717, 1.165) is 43.9 Å². The number of carbonyl (C=O) groups excluding carboxylic acids is 1. The van der Waals surface area contributed by atoms with Crippen molar-refractivity contribution in [2.24, 2.45) is 17.3 Å². The van der Waals surface area contributed by atoms with Crippen LogP contribution < -0.4 is 5.32 Å². The van der Waals surface area contributed by atoms with E-state index in [-0.39, 0.29) is 22.7 Å². The molecule has 1 amide bonds. The van der Waals surface area contributed by atoms with E-state index in [1.165, 1.54) is 0 Å². The van der Waals surface area contributed by atoms with Crippen LogP contribution in [0.2, 0.25) is 0 Å². The van der Waals surface area contributed by atoms with Crippen molar-refractivity contribution in [2.45, 2.75) is 83.7 Å². The average Bonchev–Trinajstić information content (AvgIpc) is 3.39. The summed E-state index contributed by atoms with van der Waals surface area (Å²) in [6, 6.07) is 1.84. The van der Waals surface area contributed by atoms with Crippen LogP contribution in [0.4, 0.5) is 5.88 Å². The Morgan fingerprint density at radius 1 is 1.38 bits per heavy atom. The first-order valence-corrected chi connectivity index (χ1v) is 12.7. The van der Waals surface area contributed by atoms with Crippen LogP contribution in [-0.4, -0.2) is 52.8 Å². The molecule has 32 heavy (non-hydrogen) atoms. The fraction of sp³-hybridized carbons (Fsp3) is 0.833. The molecule has 8 heteroatoms. The van der Waals surface area contributed by atoms with Crippen molar-refractivity contribution < 1.29 is 23.9 Å². The van der Waals surface area contributed by atoms with Crippen molar-refractivity contribution in [1.29, 1.82) is 0 Å². The van der Waals surface area contributed by atoms with Crippen LogP contribution in [0.3, 0.4) is 0 Å². The molecular formula is C24H40N2O5S.